The number of rotatable bonds is 7. The van der Waals surface area contributed by atoms with E-state index in [0.29, 0.717) is 17.3 Å². The van der Waals surface area contributed by atoms with Crippen molar-refractivity contribution in [2.24, 2.45) is 10.9 Å². The second-order valence-electron chi connectivity index (χ2n) is 5.02. The molecular weight excluding hydrogens is 324 g/mol. The van der Waals surface area contributed by atoms with Gasteiger partial charge in [0.2, 0.25) is 11.8 Å². The van der Waals surface area contributed by atoms with Crippen molar-refractivity contribution in [3.05, 3.63) is 47.5 Å². The number of aromatic nitrogens is 1. The number of anilines is 1. The van der Waals surface area contributed by atoms with E-state index in [4.69, 9.17) is 20.1 Å². The van der Waals surface area contributed by atoms with E-state index in [-0.39, 0.29) is 0 Å². The molecule has 0 bridgehead atoms. The summed E-state index contributed by atoms with van der Waals surface area (Å²) in [6.07, 6.45) is 0.795. The lowest BCUT2D eigenvalue weighted by Crippen LogP contribution is -2.17. The zero-order valence-electron chi connectivity index (χ0n) is 14.2. The second kappa shape index (κ2) is 8.53. The lowest BCUT2D eigenvalue weighted by molar-refractivity contribution is -0.145. The summed E-state index contributed by atoms with van der Waals surface area (Å²) in [6.45, 7) is 1.34. The number of nitrogens with one attached hydrogen (secondary N) is 1. The van der Waals surface area contributed by atoms with E-state index in [1.165, 1.54) is 27.4 Å². The van der Waals surface area contributed by atoms with Crippen LogP contribution in [-0.2, 0) is 9.53 Å². The van der Waals surface area contributed by atoms with Crippen molar-refractivity contribution in [1.82, 2.24) is 4.98 Å². The Labute approximate surface area is 145 Å². The van der Waals surface area contributed by atoms with Gasteiger partial charge in [0.15, 0.2) is 6.23 Å². The van der Waals surface area contributed by atoms with E-state index in [2.05, 4.69) is 15.4 Å². The number of hydrogen-bond acceptors (Lipinski definition) is 8. The van der Waals surface area contributed by atoms with Crippen molar-refractivity contribution >= 4 is 17.9 Å². The molecule has 1 atom stereocenters. The maximum Gasteiger partial charge on any atom is 0.304 e. The van der Waals surface area contributed by atoms with Gasteiger partial charge in [0, 0.05) is 30.3 Å². The molecular formula is C17H20N4O4. The number of carbonyl (C=O) groups excluding carboxylic acids is 1. The third-order valence-corrected chi connectivity index (χ3v) is 3.24. The van der Waals surface area contributed by atoms with E-state index in [9.17, 15) is 4.79 Å². The van der Waals surface area contributed by atoms with Crippen molar-refractivity contribution in [2.45, 2.75) is 13.2 Å². The molecule has 132 valence electrons. The van der Waals surface area contributed by atoms with E-state index in [0.717, 1.165) is 11.3 Å². The van der Waals surface area contributed by atoms with E-state index in [1.807, 2.05) is 24.3 Å². The Hall–Kier alpha value is -3.29. The molecule has 2 aromatic rings. The van der Waals surface area contributed by atoms with Crippen LogP contribution in [0.3, 0.4) is 0 Å². The maximum atomic E-state index is 11.5. The molecule has 2 rings (SSSR count). The van der Waals surface area contributed by atoms with Crippen LogP contribution >= 0.6 is 0 Å². The number of nitrogens with zero attached hydrogens (tertiary/aromatic N) is 2. The molecule has 1 unspecified atom stereocenters. The molecule has 0 fully saturated rings. The number of hydrogen-bond donors (Lipinski definition) is 2. The second-order valence-corrected chi connectivity index (χ2v) is 5.02. The van der Waals surface area contributed by atoms with Gasteiger partial charge >= 0.3 is 5.97 Å². The van der Waals surface area contributed by atoms with Gasteiger partial charge in [-0.2, -0.15) is 10.1 Å². The Morgan fingerprint density at radius 1 is 1.20 bits per heavy atom. The number of nitrogens with two attached hydrogens (primary N) is 1. The van der Waals surface area contributed by atoms with Gasteiger partial charge in [0.1, 0.15) is 0 Å². The Morgan fingerprint density at radius 2 is 1.80 bits per heavy atom. The van der Waals surface area contributed by atoms with Crippen molar-refractivity contribution < 1.29 is 19.0 Å². The minimum Gasteiger partial charge on any atom is -0.481 e. The van der Waals surface area contributed by atoms with Crippen LogP contribution in [0.2, 0.25) is 0 Å². The number of ether oxygens (including phenoxy) is 3. The minimum atomic E-state index is -0.739. The van der Waals surface area contributed by atoms with Crippen LogP contribution in [0.1, 0.15) is 24.3 Å². The Bertz CT molecular complexity index is 725. The molecule has 0 spiro atoms. The summed E-state index contributed by atoms with van der Waals surface area (Å²) < 4.78 is 15.7. The molecule has 0 saturated carbocycles. The highest BCUT2D eigenvalue weighted by atomic mass is 16.6. The quantitative estimate of drug-likeness (QED) is 0.260. The van der Waals surface area contributed by atoms with E-state index in [1.54, 1.807) is 12.1 Å². The Balaban J connectivity index is 2.31. The molecule has 0 amide bonds. The minimum absolute atomic E-state index is 0.350. The van der Waals surface area contributed by atoms with Gasteiger partial charge in [-0.05, 0) is 17.7 Å². The van der Waals surface area contributed by atoms with Crippen LogP contribution in [0.25, 0.3) is 0 Å². The molecule has 3 N–H and O–H groups in total. The van der Waals surface area contributed by atoms with Crippen molar-refractivity contribution in [2.75, 3.05) is 19.5 Å². The number of methoxy groups -OCH3 is 2. The van der Waals surface area contributed by atoms with Crippen LogP contribution in [-0.4, -0.2) is 31.4 Å². The predicted octanol–water partition coefficient (Wildman–Crippen LogP) is 2.07. The van der Waals surface area contributed by atoms with Gasteiger partial charge in [-0.3, -0.25) is 4.79 Å². The maximum absolute atomic E-state index is 11.5. The topological polar surface area (TPSA) is 108 Å². The fraction of sp³-hybridized carbons (Fsp3) is 0.235. The number of hydrazone groups is 1. The first kappa shape index (κ1) is 18.1. The number of pyridine rings is 1. The molecule has 25 heavy (non-hydrogen) atoms. The first-order valence-corrected chi connectivity index (χ1v) is 7.42. The Kier molecular flexibility index (Phi) is 6.16. The van der Waals surface area contributed by atoms with Crippen molar-refractivity contribution in [3.8, 4) is 11.8 Å². The lowest BCUT2D eigenvalue weighted by Gasteiger charge is -2.21. The van der Waals surface area contributed by atoms with Crippen LogP contribution in [0.15, 0.2) is 41.5 Å². The van der Waals surface area contributed by atoms with Gasteiger partial charge in [0.05, 0.1) is 20.4 Å². The first-order valence-electron chi connectivity index (χ1n) is 7.42. The molecule has 8 heteroatoms. The molecule has 1 aromatic heterocycles. The largest absolute Gasteiger partial charge is 0.481 e. The molecule has 0 aliphatic rings. The molecule has 0 aliphatic carbocycles. The van der Waals surface area contributed by atoms with Gasteiger partial charge in [-0.1, -0.05) is 12.1 Å². The van der Waals surface area contributed by atoms with Crippen molar-refractivity contribution in [1.29, 1.82) is 0 Å². The fourth-order valence-electron chi connectivity index (χ4n) is 2.11. The van der Waals surface area contributed by atoms with Crippen LogP contribution in [0.4, 0.5) is 5.69 Å². The van der Waals surface area contributed by atoms with Gasteiger partial charge < -0.3 is 25.4 Å². The summed E-state index contributed by atoms with van der Waals surface area (Å²) in [7, 11) is 3.00. The predicted molar refractivity (Wildman–Crippen MR) is 93.7 cm³/mol. The smallest absolute Gasteiger partial charge is 0.304 e. The van der Waals surface area contributed by atoms with Crippen molar-refractivity contribution in [3.63, 3.8) is 0 Å². The Morgan fingerprint density at radius 3 is 2.28 bits per heavy atom. The van der Waals surface area contributed by atoms with Gasteiger partial charge in [-0.15, -0.1) is 0 Å². The molecule has 1 aromatic carbocycles. The van der Waals surface area contributed by atoms with Gasteiger partial charge in [-0.25, -0.2) is 0 Å². The average Bonchev–Trinajstić information content (AvgIpc) is 2.62. The average molecular weight is 344 g/mol. The highest BCUT2D eigenvalue weighted by Gasteiger charge is 2.18. The third kappa shape index (κ3) is 5.10. The summed E-state index contributed by atoms with van der Waals surface area (Å²) in [5.74, 6) is 5.40. The lowest BCUT2D eigenvalue weighted by atomic mass is 10.2. The highest BCUT2D eigenvalue weighted by molar-refractivity contribution is 5.80. The molecule has 1 heterocycles. The summed E-state index contributed by atoms with van der Waals surface area (Å²) in [5.41, 5.74) is 2.23. The summed E-state index contributed by atoms with van der Waals surface area (Å²) >= 11 is 0. The highest BCUT2D eigenvalue weighted by Crippen LogP contribution is 2.27. The summed E-state index contributed by atoms with van der Waals surface area (Å²) in [6, 6.07) is 10.6. The zero-order valence-corrected chi connectivity index (χ0v) is 14.2. The monoisotopic (exact) mass is 344 g/mol. The number of benzene rings is 1. The normalized spacial score (nSPS) is 11.8. The van der Waals surface area contributed by atoms with Crippen LogP contribution in [0, 0.1) is 0 Å². The van der Waals surface area contributed by atoms with Crippen LogP contribution < -0.4 is 20.6 Å². The summed E-state index contributed by atoms with van der Waals surface area (Å²) in [4.78, 5) is 15.6. The SMILES string of the molecule is COc1cc(C(Nc2ccc(C=NN)cc2)OC(C)=O)cc(OC)n1. The molecule has 0 aliphatic heterocycles. The van der Waals surface area contributed by atoms with Crippen LogP contribution in [0.5, 0.6) is 11.8 Å². The van der Waals surface area contributed by atoms with Gasteiger partial charge in [0.25, 0.3) is 0 Å². The van der Waals surface area contributed by atoms with E-state index < -0.39 is 12.2 Å². The fourth-order valence-corrected chi connectivity index (χ4v) is 2.11. The van der Waals surface area contributed by atoms with E-state index >= 15 is 0 Å². The standard InChI is InChI=1S/C17H20N4O4/c1-11(22)25-17(13-8-15(23-2)21-16(9-13)24-3)20-14-6-4-12(5-7-14)10-19-18/h4-10,17,20H,18H2,1-3H3. The molecule has 0 saturated heterocycles. The first-order chi connectivity index (χ1) is 12.0. The summed E-state index contributed by atoms with van der Waals surface area (Å²) in [5, 5.41) is 6.61. The number of carbonyl (C=O) groups is 1. The molecule has 0 radical (unpaired) electrons. The third-order valence-electron chi connectivity index (χ3n) is 3.24. The zero-order chi connectivity index (χ0) is 18.2. The number of esters is 1. The molecule has 8 nitrogen and oxygen atoms in total.